The summed E-state index contributed by atoms with van der Waals surface area (Å²) in [5.41, 5.74) is 1.83. The Balaban J connectivity index is 0.00000288. The van der Waals surface area contributed by atoms with Crippen molar-refractivity contribution in [3.8, 4) is 0 Å². The molecule has 0 radical (unpaired) electrons. The van der Waals surface area contributed by atoms with Crippen molar-refractivity contribution in [2.75, 3.05) is 6.54 Å². The molecule has 2 aromatic rings. The maximum Gasteiger partial charge on any atom is 0.214 e. The van der Waals surface area contributed by atoms with Gasteiger partial charge in [-0.15, -0.1) is 24.0 Å². The Morgan fingerprint density at radius 3 is 2.54 bits per heavy atom. The second-order valence-corrected chi connectivity index (χ2v) is 5.90. The van der Waals surface area contributed by atoms with E-state index < -0.39 is 0 Å². The van der Waals surface area contributed by atoms with E-state index in [-0.39, 0.29) is 24.0 Å². The van der Waals surface area contributed by atoms with Crippen LogP contribution in [-0.2, 0) is 20.1 Å². The highest BCUT2D eigenvalue weighted by molar-refractivity contribution is 14.0. The Morgan fingerprint density at radius 2 is 2.04 bits per heavy atom. The minimum atomic E-state index is 0. The number of nitrogens with one attached hydrogen (secondary N) is 2. The molecule has 134 valence electrons. The number of hydrogen-bond donors (Lipinski definition) is 2. The van der Waals surface area contributed by atoms with E-state index in [1.807, 2.05) is 38.5 Å². The fraction of sp³-hybridized carbons (Fsp3) is 0.467. The monoisotopic (exact) mass is 485 g/mol. The van der Waals surface area contributed by atoms with Crippen molar-refractivity contribution >= 4 is 53.1 Å². The summed E-state index contributed by atoms with van der Waals surface area (Å²) in [5, 5.41) is 7.42. The zero-order chi connectivity index (χ0) is 17.0. The number of aromatic nitrogens is 2. The van der Waals surface area contributed by atoms with Gasteiger partial charge in [-0.3, -0.25) is 0 Å². The summed E-state index contributed by atoms with van der Waals surface area (Å²) in [6.07, 6.45) is 0. The van der Waals surface area contributed by atoms with Crippen molar-refractivity contribution in [2.45, 2.75) is 33.9 Å². The quantitative estimate of drug-likeness (QED) is 0.384. The number of halogens is 3. The SMILES string of the molecule is CCNC(=NCc1cc(Cl)c(Cl)n1C)NCc1nc(C)c(C)o1.I. The van der Waals surface area contributed by atoms with Gasteiger partial charge in [0.05, 0.1) is 23.8 Å². The van der Waals surface area contributed by atoms with Crippen LogP contribution in [-0.4, -0.2) is 22.1 Å². The summed E-state index contributed by atoms with van der Waals surface area (Å²) in [6, 6.07) is 1.82. The summed E-state index contributed by atoms with van der Waals surface area (Å²) < 4.78 is 7.37. The third-order valence-electron chi connectivity index (χ3n) is 3.44. The van der Waals surface area contributed by atoms with Crippen molar-refractivity contribution in [1.29, 1.82) is 0 Å². The van der Waals surface area contributed by atoms with E-state index in [2.05, 4.69) is 20.6 Å². The molecule has 0 saturated carbocycles. The van der Waals surface area contributed by atoms with Crippen LogP contribution in [0.15, 0.2) is 15.5 Å². The predicted molar refractivity (Wildman–Crippen MR) is 108 cm³/mol. The van der Waals surface area contributed by atoms with Crippen LogP contribution in [0.4, 0.5) is 0 Å². The van der Waals surface area contributed by atoms with Gasteiger partial charge in [-0.1, -0.05) is 23.2 Å². The van der Waals surface area contributed by atoms with Crippen molar-refractivity contribution in [2.24, 2.45) is 12.0 Å². The van der Waals surface area contributed by atoms with Crippen molar-refractivity contribution in [1.82, 2.24) is 20.2 Å². The standard InChI is InChI=1S/C15H21Cl2N5O.HI/c1-5-18-15(20-8-13-21-9(2)10(3)23-13)19-7-11-6-12(16)14(17)22(11)4;/h6H,5,7-8H2,1-4H3,(H2,18,19,20);1H. The predicted octanol–water partition coefficient (Wildman–Crippen LogP) is 3.81. The van der Waals surface area contributed by atoms with Crippen LogP contribution in [0.1, 0.15) is 30.0 Å². The third kappa shape index (κ3) is 5.29. The molecule has 0 fully saturated rings. The number of aryl methyl sites for hydroxylation is 2. The van der Waals surface area contributed by atoms with Crippen LogP contribution in [0, 0.1) is 13.8 Å². The molecule has 9 heteroatoms. The van der Waals surface area contributed by atoms with Crippen LogP contribution in [0.5, 0.6) is 0 Å². The Labute approximate surface area is 169 Å². The first kappa shape index (κ1) is 21.1. The summed E-state index contributed by atoms with van der Waals surface area (Å²) in [5.74, 6) is 2.14. The molecule has 2 heterocycles. The van der Waals surface area contributed by atoms with Gasteiger partial charge in [0.2, 0.25) is 5.89 Å². The molecule has 0 unspecified atom stereocenters. The number of guanidine groups is 1. The smallest absolute Gasteiger partial charge is 0.214 e. The summed E-state index contributed by atoms with van der Waals surface area (Å²) >= 11 is 12.1. The molecular weight excluding hydrogens is 464 g/mol. The zero-order valence-corrected chi connectivity index (χ0v) is 18.0. The van der Waals surface area contributed by atoms with E-state index in [1.54, 1.807) is 0 Å². The molecule has 0 aromatic carbocycles. The van der Waals surface area contributed by atoms with E-state index in [0.29, 0.717) is 35.1 Å². The number of hydrogen-bond acceptors (Lipinski definition) is 3. The maximum atomic E-state index is 6.06. The molecule has 2 aromatic heterocycles. The molecule has 0 aliphatic heterocycles. The Morgan fingerprint density at radius 1 is 1.33 bits per heavy atom. The number of aliphatic imine (C=N–C) groups is 1. The average molecular weight is 486 g/mol. The molecule has 2 rings (SSSR count). The van der Waals surface area contributed by atoms with Crippen LogP contribution >= 0.6 is 47.2 Å². The minimum absolute atomic E-state index is 0. The Bertz CT molecular complexity index is 692. The lowest BCUT2D eigenvalue weighted by Gasteiger charge is -2.10. The van der Waals surface area contributed by atoms with E-state index in [0.717, 1.165) is 23.7 Å². The molecular formula is C15H22Cl2IN5O. The van der Waals surface area contributed by atoms with Gasteiger partial charge in [0.15, 0.2) is 5.96 Å². The first-order chi connectivity index (χ1) is 10.9. The molecule has 0 amide bonds. The van der Waals surface area contributed by atoms with Gasteiger partial charge in [-0.05, 0) is 26.8 Å². The highest BCUT2D eigenvalue weighted by Crippen LogP contribution is 2.25. The average Bonchev–Trinajstić information content (AvgIpc) is 2.96. The molecule has 2 N–H and O–H groups in total. The van der Waals surface area contributed by atoms with Crippen LogP contribution < -0.4 is 10.6 Å². The van der Waals surface area contributed by atoms with Gasteiger partial charge in [0.25, 0.3) is 0 Å². The maximum absolute atomic E-state index is 6.06. The first-order valence-electron chi connectivity index (χ1n) is 7.37. The second kappa shape index (κ2) is 9.53. The van der Waals surface area contributed by atoms with Crippen molar-refractivity contribution < 1.29 is 4.42 Å². The van der Waals surface area contributed by atoms with E-state index >= 15 is 0 Å². The van der Waals surface area contributed by atoms with E-state index in [4.69, 9.17) is 27.6 Å². The van der Waals surface area contributed by atoms with Crippen LogP contribution in [0.2, 0.25) is 10.2 Å². The second-order valence-electron chi connectivity index (χ2n) is 5.13. The zero-order valence-electron chi connectivity index (χ0n) is 14.1. The topological polar surface area (TPSA) is 67.4 Å². The van der Waals surface area contributed by atoms with Gasteiger partial charge < -0.3 is 19.6 Å². The number of oxazole rings is 1. The van der Waals surface area contributed by atoms with Crippen LogP contribution in [0.3, 0.4) is 0 Å². The molecule has 0 aliphatic rings. The van der Waals surface area contributed by atoms with Crippen LogP contribution in [0.25, 0.3) is 0 Å². The van der Waals surface area contributed by atoms with E-state index in [1.165, 1.54) is 0 Å². The highest BCUT2D eigenvalue weighted by Gasteiger charge is 2.09. The van der Waals surface area contributed by atoms with Crippen molar-refractivity contribution in [3.63, 3.8) is 0 Å². The van der Waals surface area contributed by atoms with E-state index in [9.17, 15) is 0 Å². The lowest BCUT2D eigenvalue weighted by molar-refractivity contribution is 0.463. The molecule has 24 heavy (non-hydrogen) atoms. The number of nitrogens with zero attached hydrogens (tertiary/aromatic N) is 3. The largest absolute Gasteiger partial charge is 0.444 e. The van der Waals surface area contributed by atoms with Gasteiger partial charge in [-0.25, -0.2) is 9.98 Å². The summed E-state index contributed by atoms with van der Waals surface area (Å²) in [4.78, 5) is 8.87. The van der Waals surface area contributed by atoms with Gasteiger partial charge in [0.1, 0.15) is 10.9 Å². The van der Waals surface area contributed by atoms with Crippen molar-refractivity contribution in [3.05, 3.63) is 39.3 Å². The molecule has 6 nitrogen and oxygen atoms in total. The molecule has 0 atom stereocenters. The number of rotatable bonds is 5. The molecule has 0 bridgehead atoms. The molecule has 0 spiro atoms. The lowest BCUT2D eigenvalue weighted by atomic mass is 10.4. The van der Waals surface area contributed by atoms with Gasteiger partial charge >= 0.3 is 0 Å². The lowest BCUT2D eigenvalue weighted by Crippen LogP contribution is -2.36. The fourth-order valence-electron chi connectivity index (χ4n) is 2.02. The minimum Gasteiger partial charge on any atom is -0.444 e. The summed E-state index contributed by atoms with van der Waals surface area (Å²) in [6.45, 7) is 7.51. The molecule has 0 aliphatic carbocycles. The Kier molecular flexibility index (Phi) is 8.38. The van der Waals surface area contributed by atoms with Gasteiger partial charge in [-0.2, -0.15) is 0 Å². The third-order valence-corrected chi connectivity index (χ3v) is 4.28. The highest BCUT2D eigenvalue weighted by atomic mass is 127. The summed E-state index contributed by atoms with van der Waals surface area (Å²) in [7, 11) is 1.86. The van der Waals surface area contributed by atoms with Gasteiger partial charge in [0, 0.05) is 19.3 Å². The normalized spacial score (nSPS) is 11.3. The molecule has 0 saturated heterocycles. The first-order valence-corrected chi connectivity index (χ1v) is 8.12. The Hall–Kier alpha value is -0.930. The fourth-order valence-corrected chi connectivity index (χ4v) is 2.43.